The number of hydrogen-bond acceptors (Lipinski definition) is 9. The van der Waals surface area contributed by atoms with E-state index in [4.69, 9.17) is 18.9 Å². The van der Waals surface area contributed by atoms with Crippen molar-refractivity contribution >= 4 is 17.5 Å². The zero-order valence-corrected chi connectivity index (χ0v) is 23.5. The maximum absolute atomic E-state index is 13.3. The zero-order chi connectivity index (χ0) is 28.4. The van der Waals surface area contributed by atoms with E-state index < -0.39 is 0 Å². The molecular weight excluding hydrogens is 526 g/mol. The third kappa shape index (κ3) is 5.51. The van der Waals surface area contributed by atoms with Crippen LogP contribution in [0.25, 0.3) is 16.9 Å². The molecule has 2 fully saturated rings. The number of hydrogen-bond donors (Lipinski definition) is 1. The third-order valence-electron chi connectivity index (χ3n) is 8.23. The molecule has 41 heavy (non-hydrogen) atoms. The van der Waals surface area contributed by atoms with Crippen molar-refractivity contribution in [3.8, 4) is 22.8 Å². The first-order valence-corrected chi connectivity index (χ1v) is 14.1. The topological polar surface area (TPSA) is 117 Å². The predicted octanol–water partition coefficient (Wildman–Crippen LogP) is 3.03. The summed E-state index contributed by atoms with van der Waals surface area (Å²) in [6.45, 7) is 4.72. The van der Waals surface area contributed by atoms with Crippen LogP contribution in [-0.2, 0) is 14.3 Å². The smallest absolute Gasteiger partial charge is 0.333 e. The number of esters is 1. The average Bonchev–Trinajstić information content (AvgIpc) is 3.44. The highest BCUT2D eigenvalue weighted by Gasteiger charge is 2.48. The fourth-order valence-corrected chi connectivity index (χ4v) is 5.98. The SMILES string of the molecule is COc1ccc(-c2ccnc3cc(C(=O)NC45CCC(C(=O)OCCCN6CCOCC6)=C(C4)C5)nn23)cc1OC. The van der Waals surface area contributed by atoms with E-state index in [2.05, 4.69) is 20.3 Å². The summed E-state index contributed by atoms with van der Waals surface area (Å²) in [5.41, 5.74) is 4.00. The Morgan fingerprint density at radius 3 is 2.61 bits per heavy atom. The van der Waals surface area contributed by atoms with Crippen molar-refractivity contribution in [2.24, 2.45) is 0 Å². The van der Waals surface area contributed by atoms with Gasteiger partial charge in [-0.15, -0.1) is 0 Å². The number of rotatable bonds is 10. The highest BCUT2D eigenvalue weighted by molar-refractivity contribution is 5.95. The molecule has 1 amide bonds. The molecule has 0 atom stereocenters. The lowest BCUT2D eigenvalue weighted by molar-refractivity contribution is -0.139. The molecule has 4 aliphatic rings. The number of benzene rings is 1. The maximum Gasteiger partial charge on any atom is 0.333 e. The second-order valence-electron chi connectivity index (χ2n) is 10.8. The molecule has 2 bridgehead atoms. The van der Waals surface area contributed by atoms with Crippen LogP contribution in [0.5, 0.6) is 11.5 Å². The van der Waals surface area contributed by atoms with Gasteiger partial charge in [0.15, 0.2) is 22.8 Å². The van der Waals surface area contributed by atoms with Crippen LogP contribution in [0.3, 0.4) is 0 Å². The van der Waals surface area contributed by atoms with Gasteiger partial charge in [-0.3, -0.25) is 9.69 Å². The largest absolute Gasteiger partial charge is 0.493 e. The summed E-state index contributed by atoms with van der Waals surface area (Å²) in [7, 11) is 3.18. The summed E-state index contributed by atoms with van der Waals surface area (Å²) >= 11 is 0. The molecule has 0 spiro atoms. The number of fused-ring (bicyclic) bond motifs is 3. The minimum Gasteiger partial charge on any atom is -0.493 e. The molecule has 2 aromatic heterocycles. The van der Waals surface area contributed by atoms with Gasteiger partial charge in [0.05, 0.1) is 39.7 Å². The van der Waals surface area contributed by atoms with Crippen LogP contribution >= 0.6 is 0 Å². The first kappa shape index (κ1) is 27.2. The molecule has 3 heterocycles. The van der Waals surface area contributed by atoms with E-state index in [-0.39, 0.29) is 17.4 Å². The zero-order valence-electron chi connectivity index (χ0n) is 23.5. The number of amides is 1. The molecule has 1 N–H and O–H groups in total. The molecule has 3 aromatic rings. The van der Waals surface area contributed by atoms with Gasteiger partial charge in [0.25, 0.3) is 5.91 Å². The van der Waals surface area contributed by atoms with Crippen LogP contribution in [0, 0.1) is 0 Å². The minimum atomic E-state index is -0.345. The van der Waals surface area contributed by atoms with E-state index in [1.165, 1.54) is 0 Å². The van der Waals surface area contributed by atoms with Gasteiger partial charge >= 0.3 is 5.97 Å². The standard InChI is InChI=1S/C30H35N5O6/c1-38-25-5-4-20(16-26(25)39-2)24-7-9-31-27-17-23(33-35(24)27)28(36)32-30-8-6-22(21(18-30)19-30)29(37)41-13-3-10-34-11-14-40-15-12-34/h4-5,7,9,16-17H,3,6,8,10-15,18-19H2,1-2H3,(H,32,36). The van der Waals surface area contributed by atoms with Crippen molar-refractivity contribution in [3.05, 3.63) is 53.4 Å². The number of methoxy groups -OCH3 is 2. The average molecular weight is 562 g/mol. The van der Waals surface area contributed by atoms with E-state index in [0.29, 0.717) is 55.1 Å². The molecule has 11 nitrogen and oxygen atoms in total. The van der Waals surface area contributed by atoms with E-state index >= 15 is 0 Å². The number of carbonyl (C=O) groups excluding carboxylic acids is 2. The first-order valence-electron chi connectivity index (χ1n) is 14.1. The van der Waals surface area contributed by atoms with Gasteiger partial charge in [-0.1, -0.05) is 5.57 Å². The highest BCUT2D eigenvalue weighted by Crippen LogP contribution is 2.48. The molecule has 1 saturated heterocycles. The molecule has 0 radical (unpaired) electrons. The summed E-state index contributed by atoms with van der Waals surface area (Å²) in [5.74, 6) is 0.766. The van der Waals surface area contributed by atoms with Gasteiger partial charge in [0, 0.05) is 48.6 Å². The van der Waals surface area contributed by atoms with Crippen LogP contribution in [0.4, 0.5) is 0 Å². The summed E-state index contributed by atoms with van der Waals surface area (Å²) < 4.78 is 23.4. The third-order valence-corrected chi connectivity index (χ3v) is 8.23. The van der Waals surface area contributed by atoms with Gasteiger partial charge in [0.1, 0.15) is 0 Å². The van der Waals surface area contributed by atoms with Crippen LogP contribution in [0.1, 0.15) is 42.6 Å². The van der Waals surface area contributed by atoms with Crippen molar-refractivity contribution < 1.29 is 28.5 Å². The second-order valence-corrected chi connectivity index (χ2v) is 10.8. The number of morpholine rings is 1. The molecule has 0 unspecified atom stereocenters. The molecular formula is C30H35N5O6. The van der Waals surface area contributed by atoms with Crippen LogP contribution in [0.2, 0.25) is 0 Å². The van der Waals surface area contributed by atoms with E-state index in [1.807, 2.05) is 24.3 Å². The van der Waals surface area contributed by atoms with Crippen molar-refractivity contribution in [2.45, 2.75) is 37.6 Å². The molecule has 7 rings (SSSR count). The number of carbonyl (C=O) groups is 2. The van der Waals surface area contributed by atoms with Crippen molar-refractivity contribution in [2.75, 3.05) is 53.7 Å². The summed E-state index contributed by atoms with van der Waals surface area (Å²) in [6, 6.07) is 9.14. The first-order chi connectivity index (χ1) is 20.0. The van der Waals surface area contributed by atoms with Gasteiger partial charge in [-0.25, -0.2) is 14.3 Å². The quantitative estimate of drug-likeness (QED) is 0.295. The highest BCUT2D eigenvalue weighted by atomic mass is 16.5. The normalized spacial score (nSPS) is 18.1. The lowest BCUT2D eigenvalue weighted by Crippen LogP contribution is -2.57. The van der Waals surface area contributed by atoms with Crippen molar-refractivity contribution in [1.82, 2.24) is 24.8 Å². The molecule has 1 saturated carbocycles. The molecule has 3 aliphatic carbocycles. The fraction of sp³-hybridized carbons (Fsp3) is 0.467. The monoisotopic (exact) mass is 561 g/mol. The van der Waals surface area contributed by atoms with Crippen LogP contribution in [0.15, 0.2) is 47.7 Å². The Morgan fingerprint density at radius 1 is 1.07 bits per heavy atom. The number of nitrogens with zero attached hydrogens (tertiary/aromatic N) is 4. The molecule has 11 heteroatoms. The number of aromatic nitrogens is 3. The Hall–Kier alpha value is -3.96. The lowest BCUT2D eigenvalue weighted by atomic mass is 9.63. The minimum absolute atomic E-state index is 0.212. The van der Waals surface area contributed by atoms with Gasteiger partial charge < -0.3 is 24.3 Å². The second kappa shape index (κ2) is 11.5. The molecule has 1 aromatic carbocycles. The Labute approximate surface area is 238 Å². The van der Waals surface area contributed by atoms with Crippen molar-refractivity contribution in [1.29, 1.82) is 0 Å². The Kier molecular flexibility index (Phi) is 7.63. The summed E-state index contributed by atoms with van der Waals surface area (Å²) in [6.07, 6.45) is 5.14. The van der Waals surface area contributed by atoms with E-state index in [9.17, 15) is 9.59 Å². The van der Waals surface area contributed by atoms with Crippen LogP contribution < -0.4 is 14.8 Å². The summed E-state index contributed by atoms with van der Waals surface area (Å²) in [5, 5.41) is 7.79. The van der Waals surface area contributed by atoms with Crippen LogP contribution in [-0.4, -0.2) is 90.6 Å². The number of ether oxygens (including phenoxy) is 4. The molecule has 1 aliphatic heterocycles. The van der Waals surface area contributed by atoms with E-state index in [0.717, 1.165) is 61.7 Å². The van der Waals surface area contributed by atoms with Gasteiger partial charge in [0.2, 0.25) is 0 Å². The van der Waals surface area contributed by atoms with E-state index in [1.54, 1.807) is 31.0 Å². The Balaban J connectivity index is 1.08. The molecule has 216 valence electrons. The summed E-state index contributed by atoms with van der Waals surface area (Å²) in [4.78, 5) is 32.8. The Morgan fingerprint density at radius 2 is 1.88 bits per heavy atom. The lowest BCUT2D eigenvalue weighted by Gasteiger charge is -2.49. The van der Waals surface area contributed by atoms with Crippen molar-refractivity contribution in [3.63, 3.8) is 0 Å². The fourth-order valence-electron chi connectivity index (χ4n) is 5.98. The predicted molar refractivity (Wildman–Crippen MR) is 150 cm³/mol. The Bertz CT molecular complexity index is 1480. The number of nitrogens with one attached hydrogen (secondary N) is 1. The maximum atomic E-state index is 13.3. The van der Waals surface area contributed by atoms with Gasteiger partial charge in [-0.05, 0) is 56.4 Å². The van der Waals surface area contributed by atoms with Gasteiger partial charge in [-0.2, -0.15) is 5.10 Å².